The molecule has 180 valence electrons. The lowest BCUT2D eigenvalue weighted by atomic mass is 10.0. The van der Waals surface area contributed by atoms with E-state index in [2.05, 4.69) is 33.6 Å². The maximum atomic E-state index is 13.4. The highest BCUT2D eigenvalue weighted by Crippen LogP contribution is 2.31. The first-order valence-electron chi connectivity index (χ1n) is 11.5. The van der Waals surface area contributed by atoms with Crippen LogP contribution in [0, 0.1) is 13.8 Å². The van der Waals surface area contributed by atoms with Crippen molar-refractivity contribution in [1.82, 2.24) is 34.8 Å². The van der Waals surface area contributed by atoms with Gasteiger partial charge in [0, 0.05) is 6.42 Å². The van der Waals surface area contributed by atoms with Gasteiger partial charge in [0.15, 0.2) is 0 Å². The summed E-state index contributed by atoms with van der Waals surface area (Å²) < 4.78 is 3.44. The van der Waals surface area contributed by atoms with E-state index in [1.54, 1.807) is 30.7 Å². The molecule has 2 aliphatic rings. The fourth-order valence-corrected chi connectivity index (χ4v) is 4.79. The number of amides is 4. The first-order valence-corrected chi connectivity index (χ1v) is 11.5. The van der Waals surface area contributed by atoms with Gasteiger partial charge in [-0.05, 0) is 55.7 Å². The molecule has 0 saturated carbocycles. The molecule has 4 amide bonds. The monoisotopic (exact) mass is 483 g/mol. The highest BCUT2D eigenvalue weighted by molar-refractivity contribution is 6.24. The lowest BCUT2D eigenvalue weighted by molar-refractivity contribution is -0.136. The molecule has 4 heterocycles. The van der Waals surface area contributed by atoms with Crippen molar-refractivity contribution in [2.75, 3.05) is 0 Å². The summed E-state index contributed by atoms with van der Waals surface area (Å²) in [7, 11) is 0. The summed E-state index contributed by atoms with van der Waals surface area (Å²) in [6, 6.07) is 7.97. The van der Waals surface area contributed by atoms with Gasteiger partial charge in [0.05, 0.1) is 46.9 Å². The molecule has 2 aromatic carbocycles. The lowest BCUT2D eigenvalue weighted by Crippen LogP contribution is -2.54. The van der Waals surface area contributed by atoms with Crippen LogP contribution in [-0.4, -0.2) is 59.1 Å². The van der Waals surface area contributed by atoms with E-state index in [9.17, 15) is 19.2 Å². The van der Waals surface area contributed by atoms with Gasteiger partial charge in [0.2, 0.25) is 11.8 Å². The van der Waals surface area contributed by atoms with Crippen LogP contribution in [0.2, 0.25) is 0 Å². The zero-order valence-electron chi connectivity index (χ0n) is 19.6. The van der Waals surface area contributed by atoms with Gasteiger partial charge in [-0.2, -0.15) is 0 Å². The second-order valence-electron chi connectivity index (χ2n) is 9.10. The predicted octanol–water partition coefficient (Wildman–Crippen LogP) is 1.68. The molecule has 0 aliphatic carbocycles. The number of nitrogens with zero attached hydrogens (tertiary/aromatic N) is 6. The molecule has 0 spiro atoms. The van der Waals surface area contributed by atoms with Gasteiger partial charge in [-0.15, -0.1) is 5.10 Å². The molecule has 1 saturated heterocycles. The van der Waals surface area contributed by atoms with Gasteiger partial charge in [-0.25, -0.2) is 9.67 Å². The number of hydrogen-bond donors (Lipinski definition) is 1. The number of aromatic nitrogens is 5. The van der Waals surface area contributed by atoms with Crippen LogP contribution in [0.3, 0.4) is 0 Å². The molecule has 36 heavy (non-hydrogen) atoms. The summed E-state index contributed by atoms with van der Waals surface area (Å²) in [5.41, 5.74) is 5.58. The summed E-state index contributed by atoms with van der Waals surface area (Å²) in [4.78, 5) is 55.8. The largest absolute Gasteiger partial charge is 0.324 e. The van der Waals surface area contributed by atoms with Crippen LogP contribution < -0.4 is 5.32 Å². The van der Waals surface area contributed by atoms with Gasteiger partial charge in [-0.1, -0.05) is 11.3 Å². The van der Waals surface area contributed by atoms with E-state index in [0.29, 0.717) is 17.9 Å². The molecule has 0 radical (unpaired) electrons. The van der Waals surface area contributed by atoms with Crippen LogP contribution in [0.25, 0.3) is 16.7 Å². The quantitative estimate of drug-likeness (QED) is 0.437. The van der Waals surface area contributed by atoms with Crippen LogP contribution in [0.5, 0.6) is 0 Å². The first-order chi connectivity index (χ1) is 17.3. The third kappa shape index (κ3) is 3.31. The van der Waals surface area contributed by atoms with Crippen LogP contribution in [0.15, 0.2) is 42.9 Å². The molecule has 4 aromatic rings. The Balaban J connectivity index is 1.32. The Morgan fingerprint density at radius 1 is 1.06 bits per heavy atom. The molecular weight excluding hydrogens is 462 g/mol. The van der Waals surface area contributed by atoms with Crippen LogP contribution in [0.4, 0.5) is 0 Å². The number of rotatable bonds is 4. The highest BCUT2D eigenvalue weighted by Gasteiger charge is 2.45. The van der Waals surface area contributed by atoms with Crippen LogP contribution in [0.1, 0.15) is 50.4 Å². The molecule has 2 aliphatic heterocycles. The number of carbonyl (C=O) groups excluding carboxylic acids is 4. The SMILES string of the molecule is Cc1cc2ncn(Cc3cn(-c4cccc5c4C(=O)N(C4CCC(=O)NC4=O)C5=O)nn3)c2cc1C. The number of piperidine rings is 1. The van der Waals surface area contributed by atoms with Crippen molar-refractivity contribution in [2.45, 2.75) is 39.3 Å². The van der Waals surface area contributed by atoms with Crippen LogP contribution >= 0.6 is 0 Å². The topological polar surface area (TPSA) is 132 Å². The van der Waals surface area contributed by atoms with E-state index in [-0.39, 0.29) is 24.0 Å². The minimum atomic E-state index is -1.03. The molecular formula is C25H21N7O4. The second kappa shape index (κ2) is 7.94. The normalized spacial score (nSPS) is 17.7. The number of hydrogen-bond acceptors (Lipinski definition) is 7. The Kier molecular flexibility index (Phi) is 4.82. The van der Waals surface area contributed by atoms with E-state index >= 15 is 0 Å². The summed E-state index contributed by atoms with van der Waals surface area (Å²) >= 11 is 0. The molecule has 6 rings (SSSR count). The third-order valence-electron chi connectivity index (χ3n) is 6.80. The summed E-state index contributed by atoms with van der Waals surface area (Å²) in [6.07, 6.45) is 3.61. The number of benzene rings is 2. The van der Waals surface area contributed by atoms with Crippen molar-refractivity contribution < 1.29 is 19.2 Å². The van der Waals surface area contributed by atoms with Gasteiger partial charge >= 0.3 is 0 Å². The number of fused-ring (bicyclic) bond motifs is 2. The van der Waals surface area contributed by atoms with E-state index < -0.39 is 29.7 Å². The maximum Gasteiger partial charge on any atom is 0.264 e. The average Bonchev–Trinajstić information content (AvgIpc) is 3.53. The van der Waals surface area contributed by atoms with Crippen molar-refractivity contribution in [3.63, 3.8) is 0 Å². The molecule has 1 atom stereocenters. The Bertz CT molecular complexity index is 1620. The first kappa shape index (κ1) is 21.8. The number of imide groups is 2. The number of nitrogens with one attached hydrogen (secondary N) is 1. The minimum absolute atomic E-state index is 0.0606. The molecule has 11 nitrogen and oxygen atoms in total. The molecule has 11 heteroatoms. The van der Waals surface area contributed by atoms with E-state index in [1.165, 1.54) is 10.2 Å². The van der Waals surface area contributed by atoms with Crippen molar-refractivity contribution in [2.24, 2.45) is 0 Å². The van der Waals surface area contributed by atoms with Gasteiger partial charge in [0.25, 0.3) is 11.8 Å². The third-order valence-corrected chi connectivity index (χ3v) is 6.80. The maximum absolute atomic E-state index is 13.4. The Labute approximate surface area is 204 Å². The number of carbonyl (C=O) groups is 4. The summed E-state index contributed by atoms with van der Waals surface area (Å²) in [5.74, 6) is -2.23. The standard InChI is InChI=1S/C25H21N7O4/c1-13-8-17-20(9-14(13)2)30(12-26-17)10-15-11-31(29-28-15)18-5-3-4-16-22(18)25(36)32(24(16)35)19-6-7-21(33)27-23(19)34/h3-5,8-9,11-12,19H,6-7,10H2,1-2H3,(H,27,33,34). The Morgan fingerprint density at radius 3 is 2.67 bits per heavy atom. The molecule has 1 fully saturated rings. The Hall–Kier alpha value is -4.67. The summed E-state index contributed by atoms with van der Waals surface area (Å²) in [6.45, 7) is 4.52. The van der Waals surface area contributed by atoms with E-state index in [4.69, 9.17) is 0 Å². The van der Waals surface area contributed by atoms with Crippen molar-refractivity contribution in [3.8, 4) is 5.69 Å². The van der Waals surface area contributed by atoms with Crippen molar-refractivity contribution >= 4 is 34.7 Å². The van der Waals surface area contributed by atoms with Gasteiger partial charge in [0.1, 0.15) is 11.7 Å². The van der Waals surface area contributed by atoms with Gasteiger partial charge < -0.3 is 4.57 Å². The minimum Gasteiger partial charge on any atom is -0.324 e. The zero-order chi connectivity index (χ0) is 25.1. The average molecular weight is 483 g/mol. The highest BCUT2D eigenvalue weighted by atomic mass is 16.2. The van der Waals surface area contributed by atoms with E-state index in [0.717, 1.165) is 21.5 Å². The molecule has 2 aromatic heterocycles. The molecule has 0 bridgehead atoms. The smallest absolute Gasteiger partial charge is 0.264 e. The van der Waals surface area contributed by atoms with Crippen LogP contribution in [-0.2, 0) is 16.1 Å². The van der Waals surface area contributed by atoms with Crippen molar-refractivity contribution in [1.29, 1.82) is 0 Å². The number of aryl methyl sites for hydroxylation is 2. The van der Waals surface area contributed by atoms with E-state index in [1.807, 2.05) is 17.6 Å². The summed E-state index contributed by atoms with van der Waals surface area (Å²) in [5, 5.41) is 10.7. The lowest BCUT2D eigenvalue weighted by Gasteiger charge is -2.27. The molecule has 1 N–H and O–H groups in total. The zero-order valence-corrected chi connectivity index (χ0v) is 19.6. The Morgan fingerprint density at radius 2 is 1.86 bits per heavy atom. The molecule has 1 unspecified atom stereocenters. The fraction of sp³-hybridized carbons (Fsp3) is 0.240. The second-order valence-corrected chi connectivity index (χ2v) is 9.10. The fourth-order valence-electron chi connectivity index (χ4n) is 4.79. The number of imidazole rings is 1. The predicted molar refractivity (Wildman–Crippen MR) is 126 cm³/mol. The van der Waals surface area contributed by atoms with Crippen molar-refractivity contribution in [3.05, 3.63) is 70.8 Å². The van der Waals surface area contributed by atoms with Gasteiger partial charge in [-0.3, -0.25) is 29.4 Å².